The number of piperidine rings is 1. The highest BCUT2D eigenvalue weighted by molar-refractivity contribution is 7.98. The Morgan fingerprint density at radius 2 is 1.76 bits per heavy atom. The Labute approximate surface area is 199 Å². The highest BCUT2D eigenvalue weighted by Gasteiger charge is 2.32. The molecule has 2 N–H and O–H groups in total. The first-order valence-corrected chi connectivity index (χ1v) is 13.3. The molecule has 10 heteroatoms. The lowest BCUT2D eigenvalue weighted by Crippen LogP contribution is -2.41. The lowest BCUT2D eigenvalue weighted by atomic mass is 9.97. The van der Waals surface area contributed by atoms with Crippen LogP contribution in [-0.4, -0.2) is 64.1 Å². The molecular formula is C23H29N3O5S2. The van der Waals surface area contributed by atoms with Gasteiger partial charge in [-0.2, -0.15) is 4.31 Å². The average molecular weight is 492 g/mol. The molecular weight excluding hydrogens is 462 g/mol. The number of benzene rings is 2. The van der Waals surface area contributed by atoms with Crippen LogP contribution < -0.4 is 10.6 Å². The average Bonchev–Trinajstić information content (AvgIpc) is 2.84. The van der Waals surface area contributed by atoms with Gasteiger partial charge in [-0.3, -0.25) is 9.59 Å². The minimum atomic E-state index is -3.59. The van der Waals surface area contributed by atoms with E-state index in [0.717, 1.165) is 4.90 Å². The first kappa shape index (κ1) is 25.2. The number of hydrogen-bond acceptors (Lipinski definition) is 6. The summed E-state index contributed by atoms with van der Waals surface area (Å²) in [5.41, 5.74) is 0.803. The van der Waals surface area contributed by atoms with Crippen LogP contribution in [0, 0.1) is 5.92 Å². The van der Waals surface area contributed by atoms with E-state index in [2.05, 4.69) is 10.6 Å². The van der Waals surface area contributed by atoms with Crippen molar-refractivity contribution in [2.45, 2.75) is 22.6 Å². The zero-order chi connectivity index (χ0) is 23.8. The third kappa shape index (κ3) is 6.35. The molecule has 2 aromatic carbocycles. The summed E-state index contributed by atoms with van der Waals surface area (Å²) in [6, 6.07) is 13.6. The second-order valence-electron chi connectivity index (χ2n) is 7.64. The van der Waals surface area contributed by atoms with E-state index in [1.807, 2.05) is 6.26 Å². The minimum Gasteiger partial charge on any atom is -0.383 e. The number of amides is 2. The Bertz CT molecular complexity index is 1070. The largest absolute Gasteiger partial charge is 0.383 e. The number of nitrogens with zero attached hydrogens (tertiary/aromatic N) is 1. The van der Waals surface area contributed by atoms with Crippen LogP contribution in [0.15, 0.2) is 58.3 Å². The first-order valence-electron chi connectivity index (χ1n) is 10.7. The maximum Gasteiger partial charge on any atom is 0.253 e. The standard InChI is InChI=1S/C23H29N3O5S2/c1-31-16-13-24-23(28)20-5-3-4-6-21(20)25-22(27)17-11-14-26(15-12-17)33(29,30)19-9-7-18(32-2)8-10-19/h3-10,17H,11-16H2,1-2H3,(H,24,28)(H,25,27). The molecule has 2 amide bonds. The van der Waals surface area contributed by atoms with Crippen LogP contribution in [0.2, 0.25) is 0 Å². The smallest absolute Gasteiger partial charge is 0.253 e. The van der Waals surface area contributed by atoms with E-state index in [9.17, 15) is 18.0 Å². The third-order valence-corrected chi connectivity index (χ3v) is 8.20. The second-order valence-corrected chi connectivity index (χ2v) is 10.5. The SMILES string of the molecule is COCCNC(=O)c1ccccc1NC(=O)C1CCN(S(=O)(=O)c2ccc(SC)cc2)CC1. The van der Waals surface area contributed by atoms with Gasteiger partial charge in [0.1, 0.15) is 0 Å². The normalized spacial score (nSPS) is 15.2. The predicted molar refractivity (Wildman–Crippen MR) is 129 cm³/mol. The van der Waals surface area contributed by atoms with Gasteiger partial charge in [0.15, 0.2) is 0 Å². The van der Waals surface area contributed by atoms with Crippen molar-refractivity contribution in [2.75, 3.05) is 44.9 Å². The van der Waals surface area contributed by atoms with E-state index in [4.69, 9.17) is 4.74 Å². The van der Waals surface area contributed by atoms with E-state index < -0.39 is 10.0 Å². The zero-order valence-electron chi connectivity index (χ0n) is 18.7. The number of rotatable bonds is 9. The predicted octanol–water partition coefficient (Wildman–Crippen LogP) is 2.82. The first-order chi connectivity index (χ1) is 15.9. The number of para-hydroxylation sites is 1. The van der Waals surface area contributed by atoms with Crippen LogP contribution in [0.4, 0.5) is 5.69 Å². The Hall–Kier alpha value is -2.40. The second kappa shape index (κ2) is 11.6. The number of sulfonamides is 1. The van der Waals surface area contributed by atoms with Gasteiger partial charge in [-0.15, -0.1) is 11.8 Å². The molecule has 33 heavy (non-hydrogen) atoms. The summed E-state index contributed by atoms with van der Waals surface area (Å²) in [7, 11) is -2.04. The van der Waals surface area contributed by atoms with Crippen molar-refractivity contribution < 1.29 is 22.7 Å². The molecule has 0 aliphatic carbocycles. The molecule has 0 aromatic heterocycles. The van der Waals surface area contributed by atoms with E-state index in [1.54, 1.807) is 67.4 Å². The molecule has 0 saturated carbocycles. The molecule has 1 heterocycles. The summed E-state index contributed by atoms with van der Waals surface area (Å²) in [5, 5.41) is 5.60. The summed E-state index contributed by atoms with van der Waals surface area (Å²) in [6.07, 6.45) is 2.76. The molecule has 1 aliphatic rings. The van der Waals surface area contributed by atoms with Gasteiger partial charge in [-0.05, 0) is 55.5 Å². The molecule has 0 atom stereocenters. The van der Waals surface area contributed by atoms with Gasteiger partial charge in [0.2, 0.25) is 15.9 Å². The fraction of sp³-hybridized carbons (Fsp3) is 0.391. The topological polar surface area (TPSA) is 105 Å². The van der Waals surface area contributed by atoms with E-state index in [-0.39, 0.29) is 35.7 Å². The number of thioether (sulfide) groups is 1. The van der Waals surface area contributed by atoms with Crippen LogP contribution >= 0.6 is 11.8 Å². The van der Waals surface area contributed by atoms with E-state index in [1.165, 1.54) is 4.31 Å². The summed E-state index contributed by atoms with van der Waals surface area (Å²) in [6.45, 7) is 1.29. The number of ether oxygens (including phenoxy) is 1. The van der Waals surface area contributed by atoms with Gasteiger partial charge in [-0.1, -0.05) is 12.1 Å². The molecule has 1 aliphatic heterocycles. The Balaban J connectivity index is 1.60. The molecule has 8 nitrogen and oxygen atoms in total. The van der Waals surface area contributed by atoms with Gasteiger partial charge in [0.05, 0.1) is 22.8 Å². The quantitative estimate of drug-likeness (QED) is 0.413. The van der Waals surface area contributed by atoms with E-state index in [0.29, 0.717) is 37.2 Å². The number of carbonyl (C=O) groups is 2. The van der Waals surface area contributed by atoms with Crippen molar-refractivity contribution in [1.29, 1.82) is 0 Å². The van der Waals surface area contributed by atoms with Gasteiger partial charge in [0, 0.05) is 37.6 Å². The molecule has 3 rings (SSSR count). The maximum atomic E-state index is 12.9. The third-order valence-electron chi connectivity index (χ3n) is 5.54. The monoisotopic (exact) mass is 491 g/mol. The molecule has 178 valence electrons. The van der Waals surface area contributed by atoms with Crippen molar-refractivity contribution in [2.24, 2.45) is 5.92 Å². The molecule has 0 unspecified atom stereocenters. The van der Waals surface area contributed by atoms with Crippen LogP contribution in [0.1, 0.15) is 23.2 Å². The number of anilines is 1. The van der Waals surface area contributed by atoms with Crippen LogP contribution in [0.25, 0.3) is 0 Å². The van der Waals surface area contributed by atoms with Gasteiger partial charge in [-0.25, -0.2) is 8.42 Å². The highest BCUT2D eigenvalue weighted by Crippen LogP contribution is 2.26. The number of hydrogen-bond donors (Lipinski definition) is 2. The molecule has 2 aromatic rings. The Morgan fingerprint density at radius 1 is 1.09 bits per heavy atom. The lowest BCUT2D eigenvalue weighted by Gasteiger charge is -2.30. The summed E-state index contributed by atoms with van der Waals surface area (Å²) in [5.74, 6) is -0.843. The number of methoxy groups -OCH3 is 1. The molecule has 1 saturated heterocycles. The fourth-order valence-electron chi connectivity index (χ4n) is 3.64. The van der Waals surface area contributed by atoms with Crippen molar-refractivity contribution in [3.63, 3.8) is 0 Å². The Morgan fingerprint density at radius 3 is 2.39 bits per heavy atom. The van der Waals surface area contributed by atoms with E-state index >= 15 is 0 Å². The summed E-state index contributed by atoms with van der Waals surface area (Å²) in [4.78, 5) is 26.6. The van der Waals surface area contributed by atoms with Crippen LogP contribution in [-0.2, 0) is 19.6 Å². The molecule has 0 spiro atoms. The van der Waals surface area contributed by atoms with Crippen LogP contribution in [0.3, 0.4) is 0 Å². The summed E-state index contributed by atoms with van der Waals surface area (Å²) < 4.78 is 32.3. The molecule has 1 fully saturated rings. The van der Waals surface area contributed by atoms with Gasteiger partial charge >= 0.3 is 0 Å². The Kier molecular flexibility index (Phi) is 8.90. The lowest BCUT2D eigenvalue weighted by molar-refractivity contribution is -0.120. The van der Waals surface area contributed by atoms with Gasteiger partial charge < -0.3 is 15.4 Å². The van der Waals surface area contributed by atoms with Crippen molar-refractivity contribution in [3.05, 3.63) is 54.1 Å². The fourth-order valence-corrected chi connectivity index (χ4v) is 5.52. The molecule has 0 bridgehead atoms. The maximum absolute atomic E-state index is 12.9. The highest BCUT2D eigenvalue weighted by atomic mass is 32.2. The number of carbonyl (C=O) groups excluding carboxylic acids is 2. The minimum absolute atomic E-state index is 0.214. The van der Waals surface area contributed by atoms with Crippen molar-refractivity contribution in [3.8, 4) is 0 Å². The summed E-state index contributed by atoms with van der Waals surface area (Å²) >= 11 is 1.55. The molecule has 0 radical (unpaired) electrons. The number of nitrogens with one attached hydrogen (secondary N) is 2. The van der Waals surface area contributed by atoms with Crippen molar-refractivity contribution in [1.82, 2.24) is 9.62 Å². The van der Waals surface area contributed by atoms with Crippen LogP contribution in [0.5, 0.6) is 0 Å². The van der Waals surface area contributed by atoms with Crippen molar-refractivity contribution >= 4 is 39.3 Å². The zero-order valence-corrected chi connectivity index (χ0v) is 20.4. The van der Waals surface area contributed by atoms with Gasteiger partial charge in [0.25, 0.3) is 5.91 Å².